The third-order valence-corrected chi connectivity index (χ3v) is 7.65. The Kier molecular flexibility index (Phi) is 9.59. The third-order valence-electron chi connectivity index (χ3n) is 7.25. The van der Waals surface area contributed by atoms with E-state index in [1.807, 2.05) is 0 Å². The van der Waals surface area contributed by atoms with Gasteiger partial charge in [-0.1, -0.05) is 30.2 Å². The van der Waals surface area contributed by atoms with Crippen molar-refractivity contribution in [1.82, 2.24) is 30.4 Å². The molecular weight excluding hydrogens is 604 g/mol. The fourth-order valence-corrected chi connectivity index (χ4v) is 5.20. The topological polar surface area (TPSA) is 140 Å². The molecule has 2 aromatic heterocycles. The van der Waals surface area contributed by atoms with Crippen molar-refractivity contribution in [2.24, 2.45) is 0 Å². The molecule has 3 heterocycles. The predicted octanol–water partition coefficient (Wildman–Crippen LogP) is 4.74. The maximum atomic E-state index is 15.3. The number of anilines is 1. The number of nitrogens with one attached hydrogen (secondary N) is 1. The molecule has 4 rings (SSSR count). The summed E-state index contributed by atoms with van der Waals surface area (Å²) in [6, 6.07) is 6.49. The van der Waals surface area contributed by atoms with E-state index in [2.05, 4.69) is 15.3 Å². The van der Waals surface area contributed by atoms with Gasteiger partial charge in [-0.05, 0) is 51.0 Å². The van der Waals surface area contributed by atoms with Gasteiger partial charge >= 0.3 is 6.18 Å². The highest BCUT2D eigenvalue weighted by atomic mass is 32.1. The zero-order valence-electron chi connectivity index (χ0n) is 23.7. The van der Waals surface area contributed by atoms with Gasteiger partial charge < -0.3 is 4.90 Å². The zero-order chi connectivity index (χ0) is 32.2. The number of aromatic nitrogens is 4. The lowest BCUT2D eigenvalue weighted by atomic mass is 10.0. The lowest BCUT2D eigenvalue weighted by Crippen LogP contribution is -2.43. The van der Waals surface area contributed by atoms with Crippen LogP contribution in [-0.2, 0) is 28.9 Å². The summed E-state index contributed by atoms with van der Waals surface area (Å²) in [4.78, 5) is 30.3. The van der Waals surface area contributed by atoms with E-state index < -0.39 is 40.6 Å². The molecule has 44 heavy (non-hydrogen) atoms. The van der Waals surface area contributed by atoms with E-state index in [-0.39, 0.29) is 29.3 Å². The van der Waals surface area contributed by atoms with Crippen LogP contribution in [0.1, 0.15) is 62.8 Å². The number of hydroxylamine groups is 1. The second kappa shape index (κ2) is 13.0. The molecule has 0 spiro atoms. The molecule has 232 valence electrons. The standard InChI is InChI=1S/C28H28F4N8O3S/c1-27(2)25(42)40(19-12-20(28(30,31)32)22(13-33)34-14-19)26(44)39(27)15-18-9-8-17(11-21(18)29)23-16-38(37-35-23)10-6-4-3-5-7-24(41)36-43/h8-9,11-12,14,16,43H,3-7,10,15H2,1-2H3,(H,36,41). The van der Waals surface area contributed by atoms with Gasteiger partial charge in [0.1, 0.15) is 23.1 Å². The Balaban J connectivity index is 1.45. The highest BCUT2D eigenvalue weighted by molar-refractivity contribution is 7.80. The number of unbranched alkanes of at least 4 members (excludes halogenated alkanes) is 3. The maximum Gasteiger partial charge on any atom is 0.419 e. The van der Waals surface area contributed by atoms with Crippen LogP contribution in [0.4, 0.5) is 23.2 Å². The van der Waals surface area contributed by atoms with E-state index in [9.17, 15) is 22.8 Å². The summed E-state index contributed by atoms with van der Waals surface area (Å²) in [5, 5.41) is 25.6. The molecule has 11 nitrogen and oxygen atoms in total. The summed E-state index contributed by atoms with van der Waals surface area (Å²) >= 11 is 5.48. The van der Waals surface area contributed by atoms with Gasteiger partial charge in [0.15, 0.2) is 10.8 Å². The number of alkyl halides is 3. The number of hydrogen-bond acceptors (Lipinski definition) is 8. The van der Waals surface area contributed by atoms with Crippen molar-refractivity contribution in [3.05, 3.63) is 59.3 Å². The van der Waals surface area contributed by atoms with Gasteiger partial charge in [0, 0.05) is 30.6 Å². The van der Waals surface area contributed by atoms with Crippen molar-refractivity contribution in [1.29, 1.82) is 5.26 Å². The molecule has 0 saturated carbocycles. The number of benzene rings is 1. The van der Waals surface area contributed by atoms with Crippen LogP contribution in [0.5, 0.6) is 0 Å². The Bertz CT molecular complexity index is 1620. The average molecular weight is 633 g/mol. The Morgan fingerprint density at radius 2 is 1.91 bits per heavy atom. The summed E-state index contributed by atoms with van der Waals surface area (Å²) in [6.45, 7) is 3.48. The van der Waals surface area contributed by atoms with Crippen molar-refractivity contribution in [2.75, 3.05) is 4.90 Å². The summed E-state index contributed by atoms with van der Waals surface area (Å²) in [6.07, 6.45) is 1.11. The Morgan fingerprint density at radius 3 is 2.57 bits per heavy atom. The van der Waals surface area contributed by atoms with E-state index in [0.717, 1.165) is 30.4 Å². The number of carbonyl (C=O) groups excluding carboxylic acids is 2. The van der Waals surface area contributed by atoms with Gasteiger partial charge in [0.25, 0.3) is 5.91 Å². The normalized spacial score (nSPS) is 14.7. The fraction of sp³-hybridized carbons (Fsp3) is 0.393. The third kappa shape index (κ3) is 6.84. The smallest absolute Gasteiger partial charge is 0.330 e. The zero-order valence-corrected chi connectivity index (χ0v) is 24.5. The SMILES string of the molecule is CC1(C)C(=O)N(c2cnc(C#N)c(C(F)(F)F)c2)C(=S)N1Cc1ccc(-c2cn(CCCCCCC(=O)NO)nn2)cc1F. The molecule has 16 heteroatoms. The van der Waals surface area contributed by atoms with Crippen molar-refractivity contribution >= 4 is 34.8 Å². The minimum Gasteiger partial charge on any atom is -0.330 e. The maximum absolute atomic E-state index is 15.3. The van der Waals surface area contributed by atoms with Crippen LogP contribution >= 0.6 is 12.2 Å². The number of nitrogens with zero attached hydrogens (tertiary/aromatic N) is 7. The first kappa shape index (κ1) is 32.4. The summed E-state index contributed by atoms with van der Waals surface area (Å²) < 4.78 is 57.6. The predicted molar refractivity (Wildman–Crippen MR) is 152 cm³/mol. The highest BCUT2D eigenvalue weighted by Crippen LogP contribution is 2.38. The fourth-order valence-electron chi connectivity index (χ4n) is 4.72. The van der Waals surface area contributed by atoms with Gasteiger partial charge in [0.05, 0.1) is 23.6 Å². The largest absolute Gasteiger partial charge is 0.419 e. The molecule has 1 fully saturated rings. The number of carbonyl (C=O) groups is 2. The number of nitriles is 1. The van der Waals surface area contributed by atoms with Gasteiger partial charge in [-0.15, -0.1) is 5.10 Å². The minimum atomic E-state index is -4.88. The van der Waals surface area contributed by atoms with Gasteiger partial charge in [-0.3, -0.25) is 24.4 Å². The van der Waals surface area contributed by atoms with E-state index in [0.29, 0.717) is 30.3 Å². The molecule has 0 atom stereocenters. The molecule has 0 radical (unpaired) electrons. The van der Waals surface area contributed by atoms with Crippen molar-refractivity contribution in [3.8, 4) is 17.3 Å². The van der Waals surface area contributed by atoms with Crippen LogP contribution in [-0.4, -0.2) is 52.6 Å². The Labute approximate surface area is 255 Å². The van der Waals surface area contributed by atoms with Crippen LogP contribution < -0.4 is 10.4 Å². The minimum absolute atomic E-state index is 0.136. The quantitative estimate of drug-likeness (QED) is 0.101. The number of amides is 2. The molecule has 0 unspecified atom stereocenters. The second-order valence-corrected chi connectivity index (χ2v) is 11.0. The number of aryl methyl sites for hydroxylation is 1. The molecule has 2 amide bonds. The average Bonchev–Trinajstić information content (AvgIpc) is 3.51. The molecule has 0 bridgehead atoms. The molecule has 3 aromatic rings. The molecule has 1 aromatic carbocycles. The number of hydrogen-bond donors (Lipinski definition) is 2. The lowest BCUT2D eigenvalue weighted by molar-refractivity contribution is -0.138. The van der Waals surface area contributed by atoms with Crippen LogP contribution in [0, 0.1) is 17.1 Å². The van der Waals surface area contributed by atoms with Gasteiger partial charge in [-0.2, -0.15) is 18.4 Å². The summed E-state index contributed by atoms with van der Waals surface area (Å²) in [5.41, 5.74) is -1.02. The van der Waals surface area contributed by atoms with Crippen molar-refractivity contribution < 1.29 is 32.4 Å². The van der Waals surface area contributed by atoms with Crippen molar-refractivity contribution in [2.45, 2.75) is 70.8 Å². The first-order chi connectivity index (χ1) is 20.8. The lowest BCUT2D eigenvalue weighted by Gasteiger charge is -2.29. The molecule has 1 aliphatic heterocycles. The molecule has 2 N–H and O–H groups in total. The van der Waals surface area contributed by atoms with Crippen LogP contribution in [0.2, 0.25) is 0 Å². The van der Waals surface area contributed by atoms with Gasteiger partial charge in [0.2, 0.25) is 5.91 Å². The monoisotopic (exact) mass is 632 g/mol. The molecule has 1 aliphatic rings. The Morgan fingerprint density at radius 1 is 1.18 bits per heavy atom. The molecule has 1 saturated heterocycles. The first-order valence-electron chi connectivity index (χ1n) is 13.5. The van der Waals surface area contributed by atoms with Gasteiger partial charge in [-0.25, -0.2) is 14.9 Å². The highest BCUT2D eigenvalue weighted by Gasteiger charge is 2.50. The van der Waals surface area contributed by atoms with Crippen LogP contribution in [0.15, 0.2) is 36.7 Å². The number of rotatable bonds is 11. The number of halogens is 4. The van der Waals surface area contributed by atoms with E-state index in [1.165, 1.54) is 36.9 Å². The number of thiocarbonyl (C=S) groups is 1. The van der Waals surface area contributed by atoms with Crippen molar-refractivity contribution in [3.63, 3.8) is 0 Å². The van der Waals surface area contributed by atoms with Crippen LogP contribution in [0.25, 0.3) is 11.3 Å². The number of pyridine rings is 1. The molecular formula is C28H28F4N8O3S. The van der Waals surface area contributed by atoms with E-state index >= 15 is 4.39 Å². The van der Waals surface area contributed by atoms with Crippen LogP contribution in [0.3, 0.4) is 0 Å². The molecule has 0 aliphatic carbocycles. The second-order valence-electron chi connectivity index (χ2n) is 10.6. The van der Waals surface area contributed by atoms with E-state index in [1.54, 1.807) is 22.4 Å². The summed E-state index contributed by atoms with van der Waals surface area (Å²) in [5.74, 6) is -1.66. The first-order valence-corrected chi connectivity index (χ1v) is 13.9. The van der Waals surface area contributed by atoms with E-state index in [4.69, 9.17) is 22.7 Å². The Hall–Kier alpha value is -4.49. The summed E-state index contributed by atoms with van der Waals surface area (Å²) in [7, 11) is 0.